The molecule has 0 aromatic carbocycles. The lowest BCUT2D eigenvalue weighted by Crippen LogP contribution is -2.26. The Labute approximate surface area is 98.2 Å². The molecule has 3 nitrogen and oxygen atoms in total. The van der Waals surface area contributed by atoms with Crippen molar-refractivity contribution in [1.29, 1.82) is 0 Å². The Morgan fingerprint density at radius 3 is 2.50 bits per heavy atom. The molecule has 1 aromatic rings. The van der Waals surface area contributed by atoms with Crippen molar-refractivity contribution in [2.45, 2.75) is 46.8 Å². The quantitative estimate of drug-likeness (QED) is 0.808. The van der Waals surface area contributed by atoms with E-state index in [1.54, 1.807) is 0 Å². The second-order valence-corrected chi connectivity index (χ2v) is 4.36. The van der Waals surface area contributed by atoms with E-state index >= 15 is 0 Å². The summed E-state index contributed by atoms with van der Waals surface area (Å²) in [7, 11) is 0. The summed E-state index contributed by atoms with van der Waals surface area (Å²) in [6.45, 7) is 11.8. The van der Waals surface area contributed by atoms with Crippen molar-refractivity contribution in [3.05, 3.63) is 23.2 Å². The molecule has 0 saturated carbocycles. The zero-order chi connectivity index (χ0) is 12.1. The minimum Gasteiger partial charge on any atom is -0.466 e. The van der Waals surface area contributed by atoms with E-state index in [0.717, 1.165) is 18.1 Å². The fraction of sp³-hybridized carbons (Fsp3) is 0.692. The Hall–Kier alpha value is -0.800. The van der Waals surface area contributed by atoms with E-state index in [1.165, 1.54) is 5.56 Å². The smallest absolute Gasteiger partial charge is 0.105 e. The molecule has 0 spiro atoms. The molecule has 0 fully saturated rings. The van der Waals surface area contributed by atoms with Crippen LogP contribution in [-0.4, -0.2) is 19.3 Å². The van der Waals surface area contributed by atoms with Gasteiger partial charge >= 0.3 is 0 Å². The second kappa shape index (κ2) is 6.06. The second-order valence-electron chi connectivity index (χ2n) is 4.36. The van der Waals surface area contributed by atoms with Crippen molar-refractivity contribution in [2.75, 3.05) is 13.2 Å². The Morgan fingerprint density at radius 1 is 1.38 bits per heavy atom. The number of hydrogen-bond acceptors (Lipinski definition) is 3. The van der Waals surface area contributed by atoms with Gasteiger partial charge in [-0.05, 0) is 40.3 Å². The molecule has 92 valence electrons. The van der Waals surface area contributed by atoms with Crippen LogP contribution >= 0.6 is 0 Å². The van der Waals surface area contributed by atoms with Crippen LogP contribution in [-0.2, 0) is 4.74 Å². The van der Waals surface area contributed by atoms with Gasteiger partial charge in [0, 0.05) is 5.56 Å². The van der Waals surface area contributed by atoms with Gasteiger partial charge in [0.1, 0.15) is 11.5 Å². The third-order valence-corrected chi connectivity index (χ3v) is 2.50. The summed E-state index contributed by atoms with van der Waals surface area (Å²) >= 11 is 0. The van der Waals surface area contributed by atoms with E-state index in [-0.39, 0.29) is 12.1 Å². The highest BCUT2D eigenvalue weighted by atomic mass is 16.5. The third kappa shape index (κ3) is 3.65. The van der Waals surface area contributed by atoms with Crippen molar-refractivity contribution < 1.29 is 9.15 Å². The molecule has 0 amide bonds. The Balaban J connectivity index is 2.72. The molecule has 0 saturated heterocycles. The number of furan rings is 1. The largest absolute Gasteiger partial charge is 0.466 e. The molecule has 1 aromatic heterocycles. The van der Waals surface area contributed by atoms with Gasteiger partial charge in [0.05, 0.1) is 18.8 Å². The maximum absolute atomic E-state index is 5.67. The number of aryl methyl sites for hydroxylation is 2. The summed E-state index contributed by atoms with van der Waals surface area (Å²) in [5.74, 6) is 1.94. The predicted molar refractivity (Wildman–Crippen MR) is 65.7 cm³/mol. The minimum absolute atomic E-state index is 0.227. The molecule has 16 heavy (non-hydrogen) atoms. The number of nitrogens with one attached hydrogen (secondary N) is 1. The van der Waals surface area contributed by atoms with E-state index in [0.29, 0.717) is 6.61 Å². The number of likely N-dealkylation sites (N-methyl/N-ethyl adjacent to an activating group) is 1. The van der Waals surface area contributed by atoms with Crippen molar-refractivity contribution >= 4 is 0 Å². The first kappa shape index (κ1) is 13.3. The predicted octanol–water partition coefficient (Wildman–Crippen LogP) is 2.97. The van der Waals surface area contributed by atoms with Crippen LogP contribution in [0.1, 0.15) is 43.9 Å². The lowest BCUT2D eigenvalue weighted by atomic mass is 10.1. The normalized spacial score (nSPS) is 13.4. The Morgan fingerprint density at radius 2 is 2.06 bits per heavy atom. The fourth-order valence-electron chi connectivity index (χ4n) is 1.79. The van der Waals surface area contributed by atoms with Crippen molar-refractivity contribution in [2.24, 2.45) is 0 Å². The topological polar surface area (TPSA) is 34.4 Å². The van der Waals surface area contributed by atoms with Crippen molar-refractivity contribution in [1.82, 2.24) is 5.32 Å². The van der Waals surface area contributed by atoms with Crippen LogP contribution in [0.25, 0.3) is 0 Å². The standard InChI is InChI=1S/C13H23NO2/c1-6-14-13(8-15-9(2)3)12-7-10(4)16-11(12)5/h7,9,13-14H,6,8H2,1-5H3. The number of ether oxygens (including phenoxy) is 1. The maximum atomic E-state index is 5.67. The summed E-state index contributed by atoms with van der Waals surface area (Å²) in [5.41, 5.74) is 1.21. The van der Waals surface area contributed by atoms with Crippen LogP contribution in [0.3, 0.4) is 0 Å². The van der Waals surface area contributed by atoms with Crippen LogP contribution in [0.15, 0.2) is 10.5 Å². The third-order valence-electron chi connectivity index (χ3n) is 2.50. The van der Waals surface area contributed by atoms with Gasteiger partial charge in [-0.25, -0.2) is 0 Å². The molecular formula is C13H23NO2. The molecular weight excluding hydrogens is 202 g/mol. The first-order valence-corrected chi connectivity index (χ1v) is 5.96. The highest BCUT2D eigenvalue weighted by Gasteiger charge is 2.16. The molecule has 1 heterocycles. The summed E-state index contributed by atoms with van der Waals surface area (Å²) in [6, 6.07) is 2.32. The molecule has 0 aliphatic carbocycles. The van der Waals surface area contributed by atoms with Gasteiger partial charge in [0.15, 0.2) is 0 Å². The molecule has 0 radical (unpaired) electrons. The van der Waals surface area contributed by atoms with Gasteiger partial charge in [-0.1, -0.05) is 6.92 Å². The molecule has 0 bridgehead atoms. The van der Waals surface area contributed by atoms with E-state index in [4.69, 9.17) is 9.15 Å². The lowest BCUT2D eigenvalue weighted by Gasteiger charge is -2.19. The van der Waals surface area contributed by atoms with Crippen LogP contribution < -0.4 is 5.32 Å². The Bertz CT molecular complexity index is 318. The van der Waals surface area contributed by atoms with Gasteiger partial charge in [0.25, 0.3) is 0 Å². The molecule has 1 N–H and O–H groups in total. The van der Waals surface area contributed by atoms with Gasteiger partial charge in [-0.15, -0.1) is 0 Å². The van der Waals surface area contributed by atoms with Crippen molar-refractivity contribution in [3.8, 4) is 0 Å². The summed E-state index contributed by atoms with van der Waals surface area (Å²) in [5, 5.41) is 3.42. The fourth-order valence-corrected chi connectivity index (χ4v) is 1.79. The molecule has 1 atom stereocenters. The number of hydrogen-bond donors (Lipinski definition) is 1. The van der Waals surface area contributed by atoms with E-state index < -0.39 is 0 Å². The lowest BCUT2D eigenvalue weighted by molar-refractivity contribution is 0.0611. The molecule has 0 aliphatic heterocycles. The zero-order valence-electron chi connectivity index (χ0n) is 11.0. The molecule has 1 unspecified atom stereocenters. The first-order chi connectivity index (χ1) is 7.54. The monoisotopic (exact) mass is 225 g/mol. The number of rotatable bonds is 6. The molecule has 1 rings (SSSR count). The first-order valence-electron chi connectivity index (χ1n) is 5.96. The highest BCUT2D eigenvalue weighted by molar-refractivity contribution is 5.24. The van der Waals surface area contributed by atoms with Gasteiger partial charge in [-0.2, -0.15) is 0 Å². The van der Waals surface area contributed by atoms with E-state index in [9.17, 15) is 0 Å². The van der Waals surface area contributed by atoms with Gasteiger partial charge in [-0.3, -0.25) is 0 Å². The van der Waals surface area contributed by atoms with Crippen LogP contribution in [0.4, 0.5) is 0 Å². The summed E-state index contributed by atoms with van der Waals surface area (Å²) in [4.78, 5) is 0. The minimum atomic E-state index is 0.227. The van der Waals surface area contributed by atoms with Crippen LogP contribution in [0, 0.1) is 13.8 Å². The summed E-state index contributed by atoms with van der Waals surface area (Å²) in [6.07, 6.45) is 0.259. The van der Waals surface area contributed by atoms with Crippen LogP contribution in [0.2, 0.25) is 0 Å². The zero-order valence-corrected chi connectivity index (χ0v) is 11.0. The summed E-state index contributed by atoms with van der Waals surface area (Å²) < 4.78 is 11.2. The highest BCUT2D eigenvalue weighted by Crippen LogP contribution is 2.22. The van der Waals surface area contributed by atoms with Gasteiger partial charge in [0.2, 0.25) is 0 Å². The van der Waals surface area contributed by atoms with Crippen molar-refractivity contribution in [3.63, 3.8) is 0 Å². The van der Waals surface area contributed by atoms with E-state index in [2.05, 4.69) is 32.2 Å². The maximum Gasteiger partial charge on any atom is 0.105 e. The van der Waals surface area contributed by atoms with Gasteiger partial charge < -0.3 is 14.5 Å². The molecule has 3 heteroatoms. The Kier molecular flexibility index (Phi) is 5.03. The average molecular weight is 225 g/mol. The SMILES string of the molecule is CCNC(COC(C)C)c1cc(C)oc1C. The molecule has 0 aliphatic rings. The van der Waals surface area contributed by atoms with Crippen LogP contribution in [0.5, 0.6) is 0 Å². The average Bonchev–Trinajstić information content (AvgIpc) is 2.52. The van der Waals surface area contributed by atoms with E-state index in [1.807, 2.05) is 13.8 Å².